The van der Waals surface area contributed by atoms with E-state index < -0.39 is 0 Å². The van der Waals surface area contributed by atoms with E-state index in [9.17, 15) is 0 Å². The van der Waals surface area contributed by atoms with Gasteiger partial charge < -0.3 is 14.6 Å². The van der Waals surface area contributed by atoms with E-state index in [-0.39, 0.29) is 6.10 Å². The average molecular weight is 294 g/mol. The fraction of sp³-hybridized carbons (Fsp3) is 0.538. The number of thiophene rings is 1. The molecule has 0 bridgehead atoms. The number of nitrogens with one attached hydrogen (secondary N) is 1. The highest BCUT2D eigenvalue weighted by molar-refractivity contribution is 7.08. The van der Waals surface area contributed by atoms with E-state index in [1.165, 1.54) is 0 Å². The summed E-state index contributed by atoms with van der Waals surface area (Å²) in [4.78, 5) is 6.56. The van der Waals surface area contributed by atoms with Crippen LogP contribution >= 0.6 is 11.3 Å². The SMILES string of the molecule is CN(Cc1nc(-c2ccsc2)no1)CC1CNCCO1. The standard InChI is InChI=1S/C13H18N4O2S/c1-17(7-11-6-14-3-4-18-11)8-12-15-13(16-19-12)10-2-5-20-9-10/h2,5,9,11,14H,3-4,6-8H2,1H3. The van der Waals surface area contributed by atoms with Gasteiger partial charge >= 0.3 is 0 Å². The van der Waals surface area contributed by atoms with Crippen molar-refractivity contribution in [1.29, 1.82) is 0 Å². The van der Waals surface area contributed by atoms with Crippen molar-refractivity contribution in [3.05, 3.63) is 22.7 Å². The van der Waals surface area contributed by atoms with Crippen LogP contribution in [0.3, 0.4) is 0 Å². The first-order valence-corrected chi connectivity index (χ1v) is 7.61. The minimum atomic E-state index is 0.230. The van der Waals surface area contributed by atoms with Crippen molar-refractivity contribution in [2.75, 3.05) is 33.3 Å². The molecule has 1 unspecified atom stereocenters. The van der Waals surface area contributed by atoms with Crippen molar-refractivity contribution < 1.29 is 9.26 Å². The van der Waals surface area contributed by atoms with Crippen molar-refractivity contribution in [3.8, 4) is 11.4 Å². The summed E-state index contributed by atoms with van der Waals surface area (Å²) in [5.41, 5.74) is 1.01. The maximum absolute atomic E-state index is 5.68. The van der Waals surface area contributed by atoms with Gasteiger partial charge in [0.15, 0.2) is 0 Å². The zero-order valence-corrected chi connectivity index (χ0v) is 12.2. The number of nitrogens with zero attached hydrogens (tertiary/aromatic N) is 3. The first-order valence-electron chi connectivity index (χ1n) is 6.67. The smallest absolute Gasteiger partial charge is 0.241 e. The Labute approximate surface area is 121 Å². The molecule has 6 nitrogen and oxygen atoms in total. The van der Waals surface area contributed by atoms with Gasteiger partial charge in [0, 0.05) is 30.6 Å². The van der Waals surface area contributed by atoms with Crippen LogP contribution in [0.15, 0.2) is 21.3 Å². The summed E-state index contributed by atoms with van der Waals surface area (Å²) in [5, 5.41) is 11.4. The maximum atomic E-state index is 5.68. The number of hydrogen-bond donors (Lipinski definition) is 1. The molecule has 0 amide bonds. The third kappa shape index (κ3) is 3.43. The molecule has 1 aliphatic heterocycles. The third-order valence-corrected chi connectivity index (χ3v) is 3.86. The molecule has 0 radical (unpaired) electrons. The van der Waals surface area contributed by atoms with E-state index in [0.29, 0.717) is 18.3 Å². The molecule has 0 saturated carbocycles. The Bertz CT molecular complexity index is 522. The molecule has 0 aromatic carbocycles. The molecule has 108 valence electrons. The number of ether oxygens (including phenoxy) is 1. The second-order valence-electron chi connectivity index (χ2n) is 4.92. The molecular formula is C13H18N4O2S. The molecule has 20 heavy (non-hydrogen) atoms. The van der Waals surface area contributed by atoms with Crippen LogP contribution < -0.4 is 5.32 Å². The van der Waals surface area contributed by atoms with E-state index in [2.05, 4.69) is 20.4 Å². The molecule has 0 spiro atoms. The molecule has 3 heterocycles. The van der Waals surface area contributed by atoms with Crippen LogP contribution in [0.25, 0.3) is 11.4 Å². The lowest BCUT2D eigenvalue weighted by atomic mass is 10.3. The lowest BCUT2D eigenvalue weighted by Crippen LogP contribution is -2.44. The maximum Gasteiger partial charge on any atom is 0.241 e. The lowest BCUT2D eigenvalue weighted by molar-refractivity contribution is 0.00748. The summed E-state index contributed by atoms with van der Waals surface area (Å²) in [6.07, 6.45) is 0.230. The molecule has 7 heteroatoms. The third-order valence-electron chi connectivity index (χ3n) is 3.17. The Morgan fingerprint density at radius 2 is 2.50 bits per heavy atom. The van der Waals surface area contributed by atoms with Crippen molar-refractivity contribution in [2.24, 2.45) is 0 Å². The molecule has 1 aliphatic rings. The van der Waals surface area contributed by atoms with Crippen molar-refractivity contribution in [1.82, 2.24) is 20.4 Å². The van der Waals surface area contributed by atoms with E-state index in [0.717, 1.165) is 31.8 Å². The van der Waals surface area contributed by atoms with E-state index in [1.807, 2.05) is 23.9 Å². The Balaban J connectivity index is 1.54. The van der Waals surface area contributed by atoms with Gasteiger partial charge in [-0.15, -0.1) is 0 Å². The first-order chi connectivity index (χ1) is 9.81. The zero-order valence-electron chi connectivity index (χ0n) is 11.4. The number of hydrogen-bond acceptors (Lipinski definition) is 7. The van der Waals surface area contributed by atoms with Crippen molar-refractivity contribution in [2.45, 2.75) is 12.6 Å². The highest BCUT2D eigenvalue weighted by Crippen LogP contribution is 2.19. The Morgan fingerprint density at radius 3 is 3.25 bits per heavy atom. The lowest BCUT2D eigenvalue weighted by Gasteiger charge is -2.27. The Hall–Kier alpha value is -1.28. The zero-order chi connectivity index (χ0) is 13.8. The topological polar surface area (TPSA) is 63.4 Å². The second kappa shape index (κ2) is 6.45. The molecule has 3 rings (SSSR count). The quantitative estimate of drug-likeness (QED) is 0.894. The van der Waals surface area contributed by atoms with Crippen LogP contribution in [0.1, 0.15) is 5.89 Å². The summed E-state index contributed by atoms with van der Waals surface area (Å²) in [7, 11) is 2.03. The molecule has 2 aromatic heterocycles. The van der Waals surface area contributed by atoms with Gasteiger partial charge in [0.1, 0.15) is 0 Å². The first kappa shape index (κ1) is 13.7. The van der Waals surface area contributed by atoms with Crippen molar-refractivity contribution >= 4 is 11.3 Å². The molecule has 1 saturated heterocycles. The van der Waals surface area contributed by atoms with Crippen LogP contribution in [0.4, 0.5) is 0 Å². The van der Waals surface area contributed by atoms with Gasteiger partial charge in [-0.3, -0.25) is 4.90 Å². The molecule has 1 atom stereocenters. The van der Waals surface area contributed by atoms with Crippen molar-refractivity contribution in [3.63, 3.8) is 0 Å². The summed E-state index contributed by atoms with van der Waals surface area (Å²) in [6.45, 7) is 4.10. The van der Waals surface area contributed by atoms with Gasteiger partial charge in [-0.05, 0) is 18.5 Å². The summed E-state index contributed by atoms with van der Waals surface area (Å²) >= 11 is 1.63. The minimum absolute atomic E-state index is 0.230. The van der Waals surface area contributed by atoms with Crippen LogP contribution in [0.2, 0.25) is 0 Å². The minimum Gasteiger partial charge on any atom is -0.374 e. The summed E-state index contributed by atoms with van der Waals surface area (Å²) < 4.78 is 11.0. The number of rotatable bonds is 5. The van der Waals surface area contributed by atoms with E-state index in [4.69, 9.17) is 9.26 Å². The van der Waals surface area contributed by atoms with Crippen LogP contribution in [-0.4, -0.2) is 54.4 Å². The highest BCUT2D eigenvalue weighted by Gasteiger charge is 2.17. The van der Waals surface area contributed by atoms with Gasteiger partial charge in [-0.1, -0.05) is 5.16 Å². The monoisotopic (exact) mass is 294 g/mol. The van der Waals surface area contributed by atoms with Gasteiger partial charge in [0.25, 0.3) is 0 Å². The molecule has 0 aliphatic carbocycles. The summed E-state index contributed by atoms with van der Waals surface area (Å²) in [6, 6.07) is 1.99. The average Bonchev–Trinajstić information content (AvgIpc) is 3.10. The molecular weight excluding hydrogens is 276 g/mol. The van der Waals surface area contributed by atoms with Crippen LogP contribution in [0.5, 0.6) is 0 Å². The second-order valence-corrected chi connectivity index (χ2v) is 5.70. The number of aromatic nitrogens is 2. The normalized spacial score (nSPS) is 19.6. The van der Waals surface area contributed by atoms with Gasteiger partial charge in [0.05, 0.1) is 19.3 Å². The van der Waals surface area contributed by atoms with Crippen LogP contribution in [-0.2, 0) is 11.3 Å². The molecule has 2 aromatic rings. The Kier molecular flexibility index (Phi) is 4.41. The largest absolute Gasteiger partial charge is 0.374 e. The number of morpholine rings is 1. The number of likely N-dealkylation sites (N-methyl/N-ethyl adjacent to an activating group) is 1. The van der Waals surface area contributed by atoms with Gasteiger partial charge in [0.2, 0.25) is 11.7 Å². The Morgan fingerprint density at radius 1 is 1.55 bits per heavy atom. The fourth-order valence-electron chi connectivity index (χ4n) is 2.21. The summed E-state index contributed by atoms with van der Waals surface area (Å²) in [5.74, 6) is 1.29. The molecule has 1 fully saturated rings. The van der Waals surface area contributed by atoms with Gasteiger partial charge in [-0.25, -0.2) is 0 Å². The highest BCUT2D eigenvalue weighted by atomic mass is 32.1. The predicted molar refractivity (Wildman–Crippen MR) is 76.6 cm³/mol. The van der Waals surface area contributed by atoms with Crippen LogP contribution in [0, 0.1) is 0 Å². The van der Waals surface area contributed by atoms with E-state index in [1.54, 1.807) is 11.3 Å². The van der Waals surface area contributed by atoms with Gasteiger partial charge in [-0.2, -0.15) is 16.3 Å². The molecule has 1 N–H and O–H groups in total. The predicted octanol–water partition coefficient (Wildman–Crippen LogP) is 1.22. The fourth-order valence-corrected chi connectivity index (χ4v) is 2.84. The van der Waals surface area contributed by atoms with E-state index >= 15 is 0 Å².